The number of imidazole rings is 1. The van der Waals surface area contributed by atoms with E-state index in [4.69, 9.17) is 4.42 Å². The fraction of sp³-hybridized carbons (Fsp3) is 0.214. The smallest absolute Gasteiger partial charge is 0.176 e. The monoisotopic (exact) mass is 241 g/mol. The molecule has 0 bridgehead atoms. The number of nitrogens with zero attached hydrogens (tertiary/aromatic N) is 2. The van der Waals surface area contributed by atoms with Crippen LogP contribution in [0.5, 0.6) is 0 Å². The molecule has 0 saturated carbocycles. The fourth-order valence-electron chi connectivity index (χ4n) is 2.19. The standard InChI is InChI=1S/C14H15N3O/c1-15-9-10-5-6-12-11(8-10)16-14(17(12)2)13-4-3-7-18-13/h3-8,15H,9H2,1-2H3. The van der Waals surface area contributed by atoms with Crippen LogP contribution in [0.3, 0.4) is 0 Å². The van der Waals surface area contributed by atoms with E-state index in [1.54, 1.807) is 6.26 Å². The molecule has 0 spiro atoms. The van der Waals surface area contributed by atoms with Crippen LogP contribution in [-0.4, -0.2) is 16.6 Å². The quantitative estimate of drug-likeness (QED) is 0.766. The van der Waals surface area contributed by atoms with Gasteiger partial charge in [-0.25, -0.2) is 4.98 Å². The Hall–Kier alpha value is -2.07. The minimum absolute atomic E-state index is 0.795. The number of aromatic nitrogens is 2. The van der Waals surface area contributed by atoms with Crippen molar-refractivity contribution in [3.05, 3.63) is 42.2 Å². The number of fused-ring (bicyclic) bond motifs is 1. The number of nitrogens with one attached hydrogen (secondary N) is 1. The highest BCUT2D eigenvalue weighted by Crippen LogP contribution is 2.24. The molecule has 2 aromatic heterocycles. The van der Waals surface area contributed by atoms with Crippen molar-refractivity contribution in [1.82, 2.24) is 14.9 Å². The Bertz CT molecular complexity index is 668. The van der Waals surface area contributed by atoms with Crippen LogP contribution in [0.25, 0.3) is 22.6 Å². The van der Waals surface area contributed by atoms with E-state index in [0.29, 0.717) is 0 Å². The number of rotatable bonds is 3. The largest absolute Gasteiger partial charge is 0.461 e. The van der Waals surface area contributed by atoms with E-state index in [1.807, 2.05) is 26.2 Å². The number of furan rings is 1. The highest BCUT2D eigenvalue weighted by molar-refractivity contribution is 5.80. The predicted molar refractivity (Wildman–Crippen MR) is 71.2 cm³/mol. The van der Waals surface area contributed by atoms with Gasteiger partial charge in [-0.1, -0.05) is 6.07 Å². The fourth-order valence-corrected chi connectivity index (χ4v) is 2.19. The van der Waals surface area contributed by atoms with Crippen molar-refractivity contribution in [1.29, 1.82) is 0 Å². The van der Waals surface area contributed by atoms with E-state index in [1.165, 1.54) is 5.56 Å². The summed E-state index contributed by atoms with van der Waals surface area (Å²) in [5, 5.41) is 3.14. The number of hydrogen-bond acceptors (Lipinski definition) is 3. The van der Waals surface area contributed by atoms with E-state index < -0.39 is 0 Å². The van der Waals surface area contributed by atoms with Gasteiger partial charge in [0.1, 0.15) is 0 Å². The molecule has 0 amide bonds. The Morgan fingerprint density at radius 1 is 1.33 bits per heavy atom. The van der Waals surface area contributed by atoms with Gasteiger partial charge in [0.2, 0.25) is 0 Å². The summed E-state index contributed by atoms with van der Waals surface area (Å²) in [5.74, 6) is 1.65. The Kier molecular flexibility index (Phi) is 2.64. The molecule has 2 heterocycles. The van der Waals surface area contributed by atoms with Crippen molar-refractivity contribution in [3.63, 3.8) is 0 Å². The summed E-state index contributed by atoms with van der Waals surface area (Å²) in [6.07, 6.45) is 1.67. The molecule has 0 aliphatic carbocycles. The lowest BCUT2D eigenvalue weighted by Gasteiger charge is -2.00. The average Bonchev–Trinajstić information content (AvgIpc) is 2.98. The Balaban J connectivity index is 2.15. The maximum Gasteiger partial charge on any atom is 0.176 e. The van der Waals surface area contributed by atoms with Gasteiger partial charge < -0.3 is 14.3 Å². The lowest BCUT2D eigenvalue weighted by molar-refractivity contribution is 0.574. The first kappa shape index (κ1) is 11.0. The summed E-state index contributed by atoms with van der Waals surface area (Å²) < 4.78 is 7.46. The van der Waals surface area contributed by atoms with Gasteiger partial charge in [0.25, 0.3) is 0 Å². The van der Waals surface area contributed by atoms with Gasteiger partial charge in [0.05, 0.1) is 17.3 Å². The van der Waals surface area contributed by atoms with Gasteiger partial charge in [0, 0.05) is 13.6 Å². The van der Waals surface area contributed by atoms with Gasteiger partial charge in [-0.05, 0) is 36.9 Å². The normalized spacial score (nSPS) is 11.2. The van der Waals surface area contributed by atoms with Crippen LogP contribution in [0.15, 0.2) is 41.0 Å². The van der Waals surface area contributed by atoms with Gasteiger partial charge in [-0.2, -0.15) is 0 Å². The minimum Gasteiger partial charge on any atom is -0.461 e. The molecule has 0 atom stereocenters. The summed E-state index contributed by atoms with van der Waals surface area (Å²) in [6.45, 7) is 0.850. The zero-order chi connectivity index (χ0) is 12.5. The van der Waals surface area contributed by atoms with Crippen molar-refractivity contribution < 1.29 is 4.42 Å². The third-order valence-corrected chi connectivity index (χ3v) is 3.07. The van der Waals surface area contributed by atoms with Crippen LogP contribution >= 0.6 is 0 Å². The van der Waals surface area contributed by atoms with Gasteiger partial charge in [-0.15, -0.1) is 0 Å². The molecule has 18 heavy (non-hydrogen) atoms. The first-order chi connectivity index (χ1) is 8.79. The molecule has 0 unspecified atom stereocenters. The molecular formula is C14H15N3O. The maximum absolute atomic E-state index is 5.41. The Morgan fingerprint density at radius 3 is 2.94 bits per heavy atom. The number of benzene rings is 1. The van der Waals surface area contributed by atoms with Crippen LogP contribution in [-0.2, 0) is 13.6 Å². The van der Waals surface area contributed by atoms with Gasteiger partial charge in [0.15, 0.2) is 11.6 Å². The summed E-state index contributed by atoms with van der Waals surface area (Å²) in [7, 11) is 3.95. The molecular weight excluding hydrogens is 226 g/mol. The van der Waals surface area contributed by atoms with Crippen LogP contribution in [0, 0.1) is 0 Å². The highest BCUT2D eigenvalue weighted by atomic mass is 16.3. The molecule has 0 aliphatic rings. The van der Waals surface area contributed by atoms with Gasteiger partial charge in [-0.3, -0.25) is 0 Å². The van der Waals surface area contributed by atoms with Crippen molar-refractivity contribution in [2.24, 2.45) is 7.05 Å². The van der Waals surface area contributed by atoms with Crippen molar-refractivity contribution in [3.8, 4) is 11.6 Å². The second-order valence-electron chi connectivity index (χ2n) is 4.33. The van der Waals surface area contributed by atoms with Crippen LogP contribution in [0.2, 0.25) is 0 Å². The van der Waals surface area contributed by atoms with E-state index >= 15 is 0 Å². The second kappa shape index (κ2) is 4.31. The topological polar surface area (TPSA) is 43.0 Å². The highest BCUT2D eigenvalue weighted by Gasteiger charge is 2.11. The molecule has 0 aliphatic heterocycles. The molecule has 4 heteroatoms. The minimum atomic E-state index is 0.795. The number of hydrogen-bond donors (Lipinski definition) is 1. The molecule has 1 N–H and O–H groups in total. The molecule has 1 aromatic carbocycles. The van der Waals surface area contributed by atoms with Crippen LogP contribution < -0.4 is 5.32 Å². The number of aryl methyl sites for hydroxylation is 1. The van der Waals surface area contributed by atoms with Crippen molar-refractivity contribution >= 4 is 11.0 Å². The molecule has 0 radical (unpaired) electrons. The first-order valence-electron chi connectivity index (χ1n) is 5.93. The SMILES string of the molecule is CNCc1ccc2c(c1)nc(-c1ccco1)n2C. The maximum atomic E-state index is 5.41. The zero-order valence-electron chi connectivity index (χ0n) is 10.5. The van der Waals surface area contributed by atoms with E-state index in [2.05, 4.69) is 33.1 Å². The third-order valence-electron chi connectivity index (χ3n) is 3.07. The molecule has 4 nitrogen and oxygen atoms in total. The summed E-state index contributed by atoms with van der Waals surface area (Å²) in [4.78, 5) is 4.64. The Labute approximate surface area is 105 Å². The molecule has 3 rings (SSSR count). The average molecular weight is 241 g/mol. The van der Waals surface area contributed by atoms with E-state index in [9.17, 15) is 0 Å². The van der Waals surface area contributed by atoms with E-state index in [0.717, 1.165) is 29.2 Å². The van der Waals surface area contributed by atoms with Crippen LogP contribution in [0.4, 0.5) is 0 Å². The molecule has 3 aromatic rings. The van der Waals surface area contributed by atoms with Gasteiger partial charge >= 0.3 is 0 Å². The van der Waals surface area contributed by atoms with Crippen LogP contribution in [0.1, 0.15) is 5.56 Å². The summed E-state index contributed by atoms with van der Waals surface area (Å²) >= 11 is 0. The van der Waals surface area contributed by atoms with Crippen molar-refractivity contribution in [2.75, 3.05) is 7.05 Å². The molecule has 92 valence electrons. The lowest BCUT2D eigenvalue weighted by Crippen LogP contribution is -2.04. The van der Waals surface area contributed by atoms with E-state index in [-0.39, 0.29) is 0 Å². The molecule has 0 fully saturated rings. The van der Waals surface area contributed by atoms with Crippen molar-refractivity contribution in [2.45, 2.75) is 6.54 Å². The zero-order valence-corrected chi connectivity index (χ0v) is 10.5. The first-order valence-corrected chi connectivity index (χ1v) is 5.93. The predicted octanol–water partition coefficient (Wildman–Crippen LogP) is 2.55. The third kappa shape index (κ3) is 1.71. The molecule has 0 saturated heterocycles. The summed E-state index contributed by atoms with van der Waals surface area (Å²) in [6, 6.07) is 10.1. The lowest BCUT2D eigenvalue weighted by atomic mass is 10.2. The Morgan fingerprint density at radius 2 is 2.22 bits per heavy atom. The second-order valence-corrected chi connectivity index (χ2v) is 4.33. The summed E-state index contributed by atoms with van der Waals surface area (Å²) in [5.41, 5.74) is 3.34.